The number of rotatable bonds is 2. The zero-order chi connectivity index (χ0) is 15.2. The number of hydrogen-bond acceptors (Lipinski definition) is 5. The number of hydrogen-bond donors (Lipinski definition) is 1. The molecule has 2 aromatic rings. The fraction of sp³-hybridized carbons (Fsp3) is 0.333. The van der Waals surface area contributed by atoms with Crippen LogP contribution in [0.1, 0.15) is 34.8 Å². The van der Waals surface area contributed by atoms with Crippen LogP contribution in [-0.2, 0) is 0 Å². The number of aromatic nitrogens is 2. The van der Waals surface area contributed by atoms with Crippen molar-refractivity contribution in [2.45, 2.75) is 24.7 Å². The van der Waals surface area contributed by atoms with E-state index in [-0.39, 0.29) is 12.2 Å². The SMILES string of the molecule is O=C([O-])c1cc2n(n1)[C@H](C(F)(F)F)C[C@H](c1ccco1)N2. The lowest BCUT2D eigenvalue weighted by Crippen LogP contribution is -2.35. The van der Waals surface area contributed by atoms with Gasteiger partial charge in [-0.15, -0.1) is 0 Å². The molecule has 0 amide bonds. The summed E-state index contributed by atoms with van der Waals surface area (Å²) < 4.78 is 45.2. The Balaban J connectivity index is 2.03. The Morgan fingerprint density at radius 1 is 1.52 bits per heavy atom. The minimum atomic E-state index is -4.56. The number of halogens is 3. The molecule has 1 aliphatic heterocycles. The molecule has 0 fully saturated rings. The van der Waals surface area contributed by atoms with E-state index in [1.165, 1.54) is 6.26 Å². The normalized spacial score (nSPS) is 21.7. The second-order valence-electron chi connectivity index (χ2n) is 4.65. The van der Waals surface area contributed by atoms with Crippen molar-refractivity contribution in [2.75, 3.05) is 5.32 Å². The molecule has 0 unspecified atom stereocenters. The van der Waals surface area contributed by atoms with Crippen molar-refractivity contribution in [1.29, 1.82) is 0 Å². The third kappa shape index (κ3) is 2.34. The van der Waals surface area contributed by atoms with E-state index in [1.54, 1.807) is 12.1 Å². The van der Waals surface area contributed by atoms with E-state index >= 15 is 0 Å². The van der Waals surface area contributed by atoms with Gasteiger partial charge in [-0.05, 0) is 12.1 Å². The van der Waals surface area contributed by atoms with Crippen molar-refractivity contribution >= 4 is 11.8 Å². The molecule has 1 aliphatic rings. The first-order valence-corrected chi connectivity index (χ1v) is 6.04. The number of carbonyl (C=O) groups excluding carboxylic acids is 1. The number of nitrogens with one attached hydrogen (secondary N) is 1. The van der Waals surface area contributed by atoms with Gasteiger partial charge in [0.25, 0.3) is 0 Å². The van der Waals surface area contributed by atoms with Crippen LogP contribution >= 0.6 is 0 Å². The molecule has 0 aromatic carbocycles. The standard InChI is InChI=1S/C12H10F3N3O3/c13-12(14,15)9-4-6(8-2-1-3-21-8)16-10-5-7(11(19)20)17-18(9)10/h1-3,5-6,9,16H,4H2,(H,19,20)/p-1/t6-,9+/m1/s1. The predicted octanol–water partition coefficient (Wildman–Crippen LogP) is 1.50. The van der Waals surface area contributed by atoms with E-state index in [2.05, 4.69) is 10.4 Å². The Bertz CT molecular complexity index is 663. The summed E-state index contributed by atoms with van der Waals surface area (Å²) in [5.74, 6) is -1.33. The van der Waals surface area contributed by atoms with Gasteiger partial charge >= 0.3 is 6.18 Å². The third-order valence-corrected chi connectivity index (χ3v) is 3.29. The molecule has 6 nitrogen and oxygen atoms in total. The molecule has 1 N–H and O–H groups in total. The first kappa shape index (κ1) is 13.5. The maximum atomic E-state index is 13.2. The second kappa shape index (κ2) is 4.54. The van der Waals surface area contributed by atoms with Crippen molar-refractivity contribution < 1.29 is 27.5 Å². The molecule has 2 atom stereocenters. The number of carbonyl (C=O) groups is 1. The molecule has 0 radical (unpaired) electrons. The molecule has 0 saturated heterocycles. The fourth-order valence-electron chi connectivity index (χ4n) is 2.35. The zero-order valence-corrected chi connectivity index (χ0v) is 10.4. The van der Waals surface area contributed by atoms with Crippen LogP contribution in [0.15, 0.2) is 28.9 Å². The van der Waals surface area contributed by atoms with E-state index in [1.807, 2.05) is 0 Å². The van der Waals surface area contributed by atoms with E-state index in [4.69, 9.17) is 4.42 Å². The molecule has 0 aliphatic carbocycles. The van der Waals surface area contributed by atoms with E-state index in [9.17, 15) is 23.1 Å². The van der Waals surface area contributed by atoms with Gasteiger partial charge in [-0.25, -0.2) is 4.68 Å². The van der Waals surface area contributed by atoms with Crippen LogP contribution in [0.25, 0.3) is 0 Å². The molecule has 9 heteroatoms. The van der Waals surface area contributed by atoms with Gasteiger partial charge in [0.05, 0.1) is 18.3 Å². The Morgan fingerprint density at radius 2 is 2.29 bits per heavy atom. The molecule has 2 aromatic heterocycles. The molecule has 112 valence electrons. The maximum absolute atomic E-state index is 13.2. The highest BCUT2D eigenvalue weighted by Crippen LogP contribution is 2.43. The summed E-state index contributed by atoms with van der Waals surface area (Å²) in [6, 6.07) is 1.49. The Labute approximate surface area is 116 Å². The average Bonchev–Trinajstić information content (AvgIpc) is 3.05. The fourth-order valence-corrected chi connectivity index (χ4v) is 2.35. The molecule has 3 heterocycles. The first-order chi connectivity index (χ1) is 9.86. The number of carboxylic acids is 1. The molecule has 0 saturated carbocycles. The number of furan rings is 1. The lowest BCUT2D eigenvalue weighted by molar-refractivity contribution is -0.255. The summed E-state index contributed by atoms with van der Waals surface area (Å²) >= 11 is 0. The number of carboxylic acid groups (broad SMARTS) is 1. The average molecular weight is 300 g/mol. The largest absolute Gasteiger partial charge is 0.543 e. The maximum Gasteiger partial charge on any atom is 0.410 e. The molecule has 3 rings (SSSR count). The highest BCUT2D eigenvalue weighted by Gasteiger charge is 2.47. The monoisotopic (exact) mass is 300 g/mol. The zero-order valence-electron chi connectivity index (χ0n) is 10.4. The Morgan fingerprint density at radius 3 is 2.86 bits per heavy atom. The third-order valence-electron chi connectivity index (χ3n) is 3.29. The number of nitrogens with zero attached hydrogens (tertiary/aromatic N) is 2. The van der Waals surface area contributed by atoms with E-state index < -0.39 is 29.9 Å². The minimum Gasteiger partial charge on any atom is -0.543 e. The van der Waals surface area contributed by atoms with Crippen molar-refractivity contribution in [3.63, 3.8) is 0 Å². The summed E-state index contributed by atoms with van der Waals surface area (Å²) in [6.45, 7) is 0. The van der Waals surface area contributed by atoms with E-state index in [0.29, 0.717) is 10.4 Å². The number of anilines is 1. The van der Waals surface area contributed by atoms with Crippen LogP contribution in [0.2, 0.25) is 0 Å². The van der Waals surface area contributed by atoms with Crippen molar-refractivity contribution in [3.05, 3.63) is 35.9 Å². The van der Waals surface area contributed by atoms with E-state index in [0.717, 1.165) is 6.07 Å². The molecular formula is C12H9F3N3O3-. The second-order valence-corrected chi connectivity index (χ2v) is 4.65. The quantitative estimate of drug-likeness (QED) is 0.908. The van der Waals surface area contributed by atoms with Gasteiger partial charge in [-0.3, -0.25) is 0 Å². The van der Waals surface area contributed by atoms with Gasteiger partial charge in [0.15, 0.2) is 6.04 Å². The van der Waals surface area contributed by atoms with Gasteiger partial charge in [0.1, 0.15) is 17.3 Å². The van der Waals surface area contributed by atoms with Crippen LogP contribution < -0.4 is 10.4 Å². The van der Waals surface area contributed by atoms with Crippen LogP contribution in [0, 0.1) is 0 Å². The summed E-state index contributed by atoms with van der Waals surface area (Å²) in [5.41, 5.74) is -0.549. The van der Waals surface area contributed by atoms with Crippen LogP contribution in [0.4, 0.5) is 19.0 Å². The van der Waals surface area contributed by atoms with Crippen molar-refractivity contribution in [3.8, 4) is 0 Å². The summed E-state index contributed by atoms with van der Waals surface area (Å²) in [5, 5.41) is 17.0. The topological polar surface area (TPSA) is 83.1 Å². The lowest BCUT2D eigenvalue weighted by atomic mass is 10.0. The highest BCUT2D eigenvalue weighted by molar-refractivity contribution is 5.84. The first-order valence-electron chi connectivity index (χ1n) is 6.04. The summed E-state index contributed by atoms with van der Waals surface area (Å²) in [6.07, 6.45) is -3.55. The van der Waals surface area contributed by atoms with Crippen LogP contribution in [0.3, 0.4) is 0 Å². The minimum absolute atomic E-state index is 0.0378. The van der Waals surface area contributed by atoms with Crippen molar-refractivity contribution in [1.82, 2.24) is 9.78 Å². The number of fused-ring (bicyclic) bond motifs is 1. The summed E-state index contributed by atoms with van der Waals surface area (Å²) in [4.78, 5) is 10.8. The molecule has 0 spiro atoms. The molecule has 0 bridgehead atoms. The highest BCUT2D eigenvalue weighted by atomic mass is 19.4. The Kier molecular flexibility index (Phi) is 2.92. The van der Waals surface area contributed by atoms with Crippen molar-refractivity contribution in [2.24, 2.45) is 0 Å². The van der Waals surface area contributed by atoms with Gasteiger partial charge in [-0.2, -0.15) is 18.3 Å². The van der Waals surface area contributed by atoms with Crippen LogP contribution in [0.5, 0.6) is 0 Å². The molecule has 21 heavy (non-hydrogen) atoms. The van der Waals surface area contributed by atoms with Gasteiger partial charge in [0.2, 0.25) is 0 Å². The van der Waals surface area contributed by atoms with Gasteiger partial charge < -0.3 is 19.6 Å². The smallest absolute Gasteiger partial charge is 0.410 e. The molecular weight excluding hydrogens is 291 g/mol. The van der Waals surface area contributed by atoms with Gasteiger partial charge in [-0.1, -0.05) is 0 Å². The number of aromatic carboxylic acids is 1. The Hall–Kier alpha value is -2.45. The number of alkyl halides is 3. The lowest BCUT2D eigenvalue weighted by Gasteiger charge is -2.32. The van der Waals surface area contributed by atoms with Crippen LogP contribution in [-0.4, -0.2) is 21.9 Å². The van der Waals surface area contributed by atoms with Gasteiger partial charge in [0, 0.05) is 12.5 Å². The predicted molar refractivity (Wildman–Crippen MR) is 61.3 cm³/mol. The summed E-state index contributed by atoms with van der Waals surface area (Å²) in [7, 11) is 0.